The third-order valence-corrected chi connectivity index (χ3v) is 5.69. The van der Waals surface area contributed by atoms with Crippen molar-refractivity contribution in [1.29, 1.82) is 0 Å². The highest BCUT2D eigenvalue weighted by molar-refractivity contribution is 6.03. The monoisotopic (exact) mass is 495 g/mol. The Kier molecular flexibility index (Phi) is 7.95. The van der Waals surface area contributed by atoms with E-state index in [1.54, 1.807) is 30.3 Å². The fourth-order valence-electron chi connectivity index (χ4n) is 3.90. The minimum absolute atomic E-state index is 0.0311. The molecular formula is C30H25NO6. The van der Waals surface area contributed by atoms with E-state index in [2.05, 4.69) is 5.32 Å². The number of carbonyl (C=O) groups is 3. The lowest BCUT2D eigenvalue weighted by molar-refractivity contribution is -0.116. The number of ether oxygens (including phenoxy) is 3. The molecule has 0 fully saturated rings. The molecule has 4 aromatic carbocycles. The van der Waals surface area contributed by atoms with Crippen molar-refractivity contribution in [2.45, 2.75) is 5.92 Å². The molecule has 0 bridgehead atoms. The Labute approximate surface area is 214 Å². The quantitative estimate of drug-likeness (QED) is 0.310. The fourth-order valence-corrected chi connectivity index (χ4v) is 3.90. The summed E-state index contributed by atoms with van der Waals surface area (Å²) in [5, 5.41) is 2.98. The summed E-state index contributed by atoms with van der Waals surface area (Å²) in [5.74, 6) is -1.16. The molecule has 1 N–H and O–H groups in total. The Hall–Kier alpha value is -4.91. The number of benzene rings is 4. The third-order valence-electron chi connectivity index (χ3n) is 5.69. The van der Waals surface area contributed by atoms with Gasteiger partial charge < -0.3 is 19.5 Å². The van der Waals surface area contributed by atoms with E-state index in [0.717, 1.165) is 11.1 Å². The molecule has 186 valence electrons. The number of hydrogen-bond donors (Lipinski definition) is 1. The van der Waals surface area contributed by atoms with Gasteiger partial charge in [0.05, 0.1) is 31.3 Å². The highest BCUT2D eigenvalue weighted by Crippen LogP contribution is 2.29. The Morgan fingerprint density at radius 3 is 1.68 bits per heavy atom. The second kappa shape index (κ2) is 11.7. The van der Waals surface area contributed by atoms with Crippen LogP contribution < -0.4 is 10.1 Å². The van der Waals surface area contributed by atoms with Gasteiger partial charge >= 0.3 is 11.9 Å². The first-order valence-electron chi connectivity index (χ1n) is 11.5. The van der Waals surface area contributed by atoms with Gasteiger partial charge in [-0.15, -0.1) is 0 Å². The average Bonchev–Trinajstić information content (AvgIpc) is 2.94. The second-order valence-electron chi connectivity index (χ2n) is 8.06. The predicted molar refractivity (Wildman–Crippen MR) is 139 cm³/mol. The minimum atomic E-state index is -0.685. The zero-order chi connectivity index (χ0) is 26.2. The molecule has 4 rings (SSSR count). The number of amides is 1. The van der Waals surface area contributed by atoms with Crippen LogP contribution in [0.4, 0.5) is 5.69 Å². The van der Waals surface area contributed by atoms with Crippen LogP contribution >= 0.6 is 0 Å². The van der Waals surface area contributed by atoms with Crippen LogP contribution in [-0.2, 0) is 14.3 Å². The first-order valence-corrected chi connectivity index (χ1v) is 11.5. The van der Waals surface area contributed by atoms with Gasteiger partial charge in [0.1, 0.15) is 11.5 Å². The molecule has 0 saturated heterocycles. The molecule has 0 aliphatic rings. The van der Waals surface area contributed by atoms with Crippen molar-refractivity contribution < 1.29 is 28.6 Å². The van der Waals surface area contributed by atoms with Crippen molar-refractivity contribution in [3.05, 3.63) is 125 Å². The van der Waals surface area contributed by atoms with Gasteiger partial charge in [0, 0.05) is 5.69 Å². The van der Waals surface area contributed by atoms with Gasteiger partial charge in [0.25, 0.3) is 0 Å². The van der Waals surface area contributed by atoms with Crippen molar-refractivity contribution in [2.75, 3.05) is 19.5 Å². The van der Waals surface area contributed by atoms with E-state index in [9.17, 15) is 14.4 Å². The first-order chi connectivity index (χ1) is 18.0. The summed E-state index contributed by atoms with van der Waals surface area (Å²) < 4.78 is 15.4. The number of anilines is 1. The van der Waals surface area contributed by atoms with Gasteiger partial charge in [-0.25, -0.2) is 9.59 Å². The normalized spacial score (nSPS) is 10.5. The van der Waals surface area contributed by atoms with E-state index in [-0.39, 0.29) is 17.0 Å². The van der Waals surface area contributed by atoms with Crippen molar-refractivity contribution in [1.82, 2.24) is 0 Å². The molecule has 0 aromatic heterocycles. The molecule has 0 atom stereocenters. The number of hydrogen-bond acceptors (Lipinski definition) is 6. The molecule has 7 nitrogen and oxygen atoms in total. The van der Waals surface area contributed by atoms with Crippen LogP contribution in [0, 0.1) is 0 Å². The Morgan fingerprint density at radius 1 is 0.622 bits per heavy atom. The molecule has 37 heavy (non-hydrogen) atoms. The molecule has 0 spiro atoms. The molecule has 0 radical (unpaired) electrons. The van der Waals surface area contributed by atoms with Crippen LogP contribution in [0.25, 0.3) is 0 Å². The van der Waals surface area contributed by atoms with Crippen LogP contribution in [0.15, 0.2) is 103 Å². The summed E-state index contributed by atoms with van der Waals surface area (Å²) in [4.78, 5) is 37.4. The maximum Gasteiger partial charge on any atom is 0.338 e. The zero-order valence-electron chi connectivity index (χ0n) is 20.3. The van der Waals surface area contributed by atoms with Gasteiger partial charge in [0.2, 0.25) is 5.91 Å². The average molecular weight is 496 g/mol. The lowest BCUT2D eigenvalue weighted by Crippen LogP contribution is -2.22. The summed E-state index contributed by atoms with van der Waals surface area (Å²) in [5.41, 5.74) is 2.49. The number of rotatable bonds is 8. The largest absolute Gasteiger partial charge is 0.465 e. The van der Waals surface area contributed by atoms with E-state index in [1.165, 1.54) is 26.4 Å². The SMILES string of the molecule is COC(=O)c1ccc(Oc2ccc(NC(=O)C(c3ccccc3)c3ccccc3)cc2)cc1C(=O)OC. The van der Waals surface area contributed by atoms with Gasteiger partial charge in [-0.1, -0.05) is 60.7 Å². The van der Waals surface area contributed by atoms with Gasteiger partial charge in [-0.2, -0.15) is 0 Å². The summed E-state index contributed by atoms with van der Waals surface area (Å²) in [6, 6.07) is 30.5. The van der Waals surface area contributed by atoms with Crippen LogP contribution in [-0.4, -0.2) is 32.1 Å². The third kappa shape index (κ3) is 6.02. The van der Waals surface area contributed by atoms with Crippen molar-refractivity contribution >= 4 is 23.5 Å². The topological polar surface area (TPSA) is 90.9 Å². The second-order valence-corrected chi connectivity index (χ2v) is 8.06. The van der Waals surface area contributed by atoms with E-state index < -0.39 is 17.9 Å². The highest BCUT2D eigenvalue weighted by atomic mass is 16.5. The smallest absolute Gasteiger partial charge is 0.338 e. The Morgan fingerprint density at radius 2 is 1.14 bits per heavy atom. The zero-order valence-corrected chi connectivity index (χ0v) is 20.3. The summed E-state index contributed by atoms with van der Waals surface area (Å²) in [6.45, 7) is 0. The van der Waals surface area contributed by atoms with Crippen LogP contribution in [0.2, 0.25) is 0 Å². The Balaban J connectivity index is 1.51. The molecule has 0 saturated carbocycles. The van der Waals surface area contributed by atoms with Crippen LogP contribution in [0.3, 0.4) is 0 Å². The Bertz CT molecular complexity index is 1350. The summed E-state index contributed by atoms with van der Waals surface area (Å²) in [6.07, 6.45) is 0. The van der Waals surface area contributed by atoms with E-state index >= 15 is 0 Å². The number of carbonyl (C=O) groups excluding carboxylic acids is 3. The van der Waals surface area contributed by atoms with E-state index in [0.29, 0.717) is 17.2 Å². The number of nitrogens with one attached hydrogen (secondary N) is 1. The fraction of sp³-hybridized carbons (Fsp3) is 0.100. The van der Waals surface area contributed by atoms with Gasteiger partial charge in [-0.05, 0) is 53.6 Å². The van der Waals surface area contributed by atoms with Crippen LogP contribution in [0.1, 0.15) is 37.8 Å². The lowest BCUT2D eigenvalue weighted by Gasteiger charge is -2.18. The van der Waals surface area contributed by atoms with Gasteiger partial charge in [-0.3, -0.25) is 4.79 Å². The predicted octanol–water partition coefficient (Wildman–Crippen LogP) is 5.82. The molecule has 0 aliphatic carbocycles. The van der Waals surface area contributed by atoms with E-state index in [1.807, 2.05) is 60.7 Å². The molecular weight excluding hydrogens is 470 g/mol. The standard InChI is InChI=1S/C30H25NO6/c1-35-29(33)25-18-17-24(19-26(25)30(34)36-2)37-23-15-13-22(14-16-23)31-28(32)27(20-9-5-3-6-10-20)21-11-7-4-8-12-21/h3-19,27H,1-2H3,(H,31,32). The molecule has 1 amide bonds. The highest BCUT2D eigenvalue weighted by Gasteiger charge is 2.23. The molecule has 4 aromatic rings. The van der Waals surface area contributed by atoms with Crippen molar-refractivity contribution in [3.8, 4) is 11.5 Å². The van der Waals surface area contributed by atoms with Crippen molar-refractivity contribution in [3.63, 3.8) is 0 Å². The maximum absolute atomic E-state index is 13.3. The summed E-state index contributed by atoms with van der Waals surface area (Å²) in [7, 11) is 2.46. The summed E-state index contributed by atoms with van der Waals surface area (Å²) >= 11 is 0. The lowest BCUT2D eigenvalue weighted by atomic mass is 9.90. The van der Waals surface area contributed by atoms with Crippen LogP contribution in [0.5, 0.6) is 11.5 Å². The number of methoxy groups -OCH3 is 2. The van der Waals surface area contributed by atoms with Crippen molar-refractivity contribution in [2.24, 2.45) is 0 Å². The number of esters is 2. The minimum Gasteiger partial charge on any atom is -0.465 e. The molecule has 7 heteroatoms. The van der Waals surface area contributed by atoms with Gasteiger partial charge in [0.15, 0.2) is 0 Å². The molecule has 0 unspecified atom stereocenters. The molecule has 0 aliphatic heterocycles. The first kappa shape index (κ1) is 25.2. The van der Waals surface area contributed by atoms with E-state index in [4.69, 9.17) is 14.2 Å². The molecule has 0 heterocycles. The maximum atomic E-state index is 13.3.